The first-order chi connectivity index (χ1) is 17.4. The Bertz CT molecular complexity index is 1340. The van der Waals surface area contributed by atoms with Gasteiger partial charge in [-0.1, -0.05) is 0 Å². The highest BCUT2D eigenvalue weighted by Gasteiger charge is 2.37. The lowest BCUT2D eigenvalue weighted by atomic mass is 10.2. The van der Waals surface area contributed by atoms with Gasteiger partial charge in [-0.15, -0.1) is 11.8 Å². The minimum absolute atomic E-state index is 0.00982. The number of thioether (sulfide) groups is 1. The van der Waals surface area contributed by atoms with E-state index in [4.69, 9.17) is 4.74 Å². The number of thiophene rings is 1. The predicted molar refractivity (Wildman–Crippen MR) is 135 cm³/mol. The summed E-state index contributed by atoms with van der Waals surface area (Å²) < 4.78 is 71.0. The molecular weight excluding hydrogens is 551 g/mol. The van der Waals surface area contributed by atoms with E-state index < -0.39 is 42.8 Å². The van der Waals surface area contributed by atoms with Crippen molar-refractivity contribution in [3.05, 3.63) is 53.0 Å². The highest BCUT2D eigenvalue weighted by Crippen LogP contribution is 2.41. The molecule has 2 aromatic heterocycles. The van der Waals surface area contributed by atoms with Crippen LogP contribution in [0.3, 0.4) is 0 Å². The van der Waals surface area contributed by atoms with Gasteiger partial charge in [0.2, 0.25) is 4.88 Å². The van der Waals surface area contributed by atoms with Gasteiger partial charge < -0.3 is 20.0 Å². The van der Waals surface area contributed by atoms with E-state index in [9.17, 15) is 31.5 Å². The summed E-state index contributed by atoms with van der Waals surface area (Å²) in [6.45, 7) is 2.41. The molecule has 0 radical (unpaired) electrons. The maximum Gasteiger partial charge on any atom is 0.433 e. The van der Waals surface area contributed by atoms with Crippen molar-refractivity contribution in [3.8, 4) is 16.3 Å². The van der Waals surface area contributed by atoms with Gasteiger partial charge in [0.25, 0.3) is 0 Å². The van der Waals surface area contributed by atoms with E-state index in [0.717, 1.165) is 22.3 Å². The third kappa shape index (κ3) is 7.97. The number of carboxylic acid groups (broad SMARTS) is 1. The van der Waals surface area contributed by atoms with Gasteiger partial charge in [0.05, 0.1) is 5.97 Å². The van der Waals surface area contributed by atoms with Crippen molar-refractivity contribution in [1.82, 2.24) is 15.1 Å². The van der Waals surface area contributed by atoms with Crippen LogP contribution in [0.15, 0.2) is 46.7 Å². The van der Waals surface area contributed by atoms with Gasteiger partial charge in [0.15, 0.2) is 5.38 Å². The Morgan fingerprint density at radius 3 is 2.65 bits per heavy atom. The molecule has 2 heterocycles. The van der Waals surface area contributed by atoms with Crippen molar-refractivity contribution in [2.75, 3.05) is 31.2 Å². The summed E-state index contributed by atoms with van der Waals surface area (Å²) in [7, 11) is -3.79. The van der Waals surface area contributed by atoms with E-state index in [2.05, 4.69) is 10.4 Å². The Hall–Kier alpha value is -2.55. The molecule has 0 saturated carbocycles. The molecule has 0 aliphatic heterocycles. The number of nitrogens with one attached hydrogen (secondary N) is 1. The quantitative estimate of drug-likeness (QED) is 0.143. The molecule has 0 spiro atoms. The molecule has 37 heavy (non-hydrogen) atoms. The molecule has 1 atom stereocenters. The molecule has 14 heteroatoms. The molecule has 3 rings (SSSR count). The minimum Gasteiger partial charge on any atom is -0.546 e. The number of carbonyl (C=O) groups excluding carboxylic acids is 1. The zero-order chi connectivity index (χ0) is 27.2. The summed E-state index contributed by atoms with van der Waals surface area (Å²) in [5.41, 5.74) is -0.121. The average molecular weight is 578 g/mol. The van der Waals surface area contributed by atoms with Gasteiger partial charge >= 0.3 is 15.0 Å². The first-order valence-corrected chi connectivity index (χ1v) is 15.6. The average Bonchev–Trinajstić information content (AvgIpc) is 3.44. The number of hydrogen-bond donors (Lipinski definition) is 1. The van der Waals surface area contributed by atoms with Crippen LogP contribution < -0.4 is 15.2 Å². The molecular formula is C23H26F3N3O5S3. The van der Waals surface area contributed by atoms with Crippen LogP contribution in [0, 0.1) is 6.92 Å². The Morgan fingerprint density at radius 2 is 2.00 bits per heavy atom. The van der Waals surface area contributed by atoms with Crippen LogP contribution in [0.25, 0.3) is 10.6 Å². The van der Waals surface area contributed by atoms with Gasteiger partial charge in [-0.3, -0.25) is 4.68 Å². The van der Waals surface area contributed by atoms with Crippen LogP contribution in [0.1, 0.15) is 17.7 Å². The van der Waals surface area contributed by atoms with E-state index in [0.29, 0.717) is 29.9 Å². The smallest absolute Gasteiger partial charge is 0.433 e. The summed E-state index contributed by atoms with van der Waals surface area (Å²) in [5.74, 6) is -0.190. The van der Waals surface area contributed by atoms with Gasteiger partial charge in [-0.05, 0) is 49.7 Å². The van der Waals surface area contributed by atoms with Crippen LogP contribution in [0.4, 0.5) is 13.2 Å². The number of hydrogen-bond acceptors (Lipinski definition) is 8. The second kappa shape index (κ2) is 12.3. The number of alkyl halides is 3. The lowest BCUT2D eigenvalue weighted by Gasteiger charge is -2.11. The summed E-state index contributed by atoms with van der Waals surface area (Å²) in [4.78, 5) is 11.8. The SMILES string of the molecule is Cc1cc(SCCNCCCS(=O)(=O)[s+]2cccc2-c2cc(C(F)(F)F)n(C)n2)ccc1OCC(=O)[O-]. The fraction of sp³-hybridized carbons (Fsp3) is 0.391. The van der Waals surface area contributed by atoms with Crippen molar-refractivity contribution in [2.24, 2.45) is 7.05 Å². The maximum absolute atomic E-state index is 13.1. The number of aromatic nitrogens is 2. The van der Waals surface area contributed by atoms with Crippen molar-refractivity contribution in [1.29, 1.82) is 0 Å². The topological polar surface area (TPSA) is 113 Å². The normalized spacial score (nSPS) is 12.6. The summed E-state index contributed by atoms with van der Waals surface area (Å²) in [6, 6.07) is 9.34. The third-order valence-corrected chi connectivity index (χ3v) is 11.7. The Labute approximate surface area is 219 Å². The fourth-order valence-corrected chi connectivity index (χ4v) is 9.19. The molecule has 0 aliphatic rings. The van der Waals surface area contributed by atoms with E-state index in [-0.39, 0.29) is 16.3 Å². The molecule has 3 aromatic rings. The van der Waals surface area contributed by atoms with Gasteiger partial charge in [-0.2, -0.15) is 26.7 Å². The van der Waals surface area contributed by atoms with Gasteiger partial charge in [-0.25, -0.2) is 0 Å². The lowest BCUT2D eigenvalue weighted by Crippen LogP contribution is -2.29. The van der Waals surface area contributed by atoms with Crippen molar-refractivity contribution in [3.63, 3.8) is 0 Å². The van der Waals surface area contributed by atoms with Crippen molar-refractivity contribution in [2.45, 2.75) is 24.4 Å². The van der Waals surface area contributed by atoms with Crippen molar-refractivity contribution < 1.29 is 36.2 Å². The first-order valence-electron chi connectivity index (χ1n) is 11.1. The molecule has 1 N–H and O–H groups in total. The zero-order valence-corrected chi connectivity index (χ0v) is 22.5. The predicted octanol–water partition coefficient (Wildman–Crippen LogP) is 3.24. The fourth-order valence-electron chi connectivity index (χ4n) is 3.44. The second-order valence-electron chi connectivity index (χ2n) is 7.99. The van der Waals surface area contributed by atoms with E-state index in [1.54, 1.807) is 17.8 Å². The lowest BCUT2D eigenvalue weighted by molar-refractivity contribution is -0.307. The molecule has 8 nitrogen and oxygen atoms in total. The Balaban J connectivity index is 1.45. The van der Waals surface area contributed by atoms with E-state index in [1.165, 1.54) is 24.6 Å². The molecule has 0 fully saturated rings. The van der Waals surface area contributed by atoms with Crippen LogP contribution >= 0.6 is 21.3 Å². The standard InChI is InChI=1S/C23H26F3N3O5S3/c1-16-13-17(6-7-19(16)34-15-22(30)31)35-10-9-27-8-4-12-37(32,33)36-11-3-5-20(36)18-14-21(23(24,25)26)29(2)28-18/h3,5-7,11,13-14,27H,4,8-10,12,15H2,1-2H3. The minimum atomic E-state index is -4.58. The molecule has 0 aliphatic carbocycles. The van der Waals surface area contributed by atoms with E-state index in [1.807, 2.05) is 19.1 Å². The summed E-state index contributed by atoms with van der Waals surface area (Å²) >= 11 is 1.59. The molecule has 0 bridgehead atoms. The number of aryl methyl sites for hydroxylation is 2. The van der Waals surface area contributed by atoms with Crippen LogP contribution in [-0.2, 0) is 26.9 Å². The third-order valence-electron chi connectivity index (χ3n) is 5.15. The number of aliphatic carboxylic acids is 1. The molecule has 0 saturated heterocycles. The van der Waals surface area contributed by atoms with Crippen LogP contribution in [0.2, 0.25) is 0 Å². The highest BCUT2D eigenvalue weighted by atomic mass is 33.2. The molecule has 0 amide bonds. The number of rotatable bonds is 13. The number of ether oxygens (including phenoxy) is 1. The van der Waals surface area contributed by atoms with Crippen LogP contribution in [0.5, 0.6) is 5.75 Å². The van der Waals surface area contributed by atoms with E-state index >= 15 is 0 Å². The molecule has 202 valence electrons. The maximum atomic E-state index is 13.1. The van der Waals surface area contributed by atoms with Gasteiger partial charge in [0.1, 0.15) is 39.0 Å². The van der Waals surface area contributed by atoms with Gasteiger partial charge in [0, 0.05) is 36.4 Å². The number of nitrogens with zero attached hydrogens (tertiary/aromatic N) is 2. The molecule has 1 unspecified atom stereocenters. The Morgan fingerprint density at radius 1 is 1.24 bits per heavy atom. The first kappa shape index (κ1) is 29.0. The monoisotopic (exact) mass is 577 g/mol. The van der Waals surface area contributed by atoms with Crippen molar-refractivity contribution >= 4 is 36.1 Å². The number of halogens is 3. The second-order valence-corrected chi connectivity index (χ2v) is 14.6. The highest BCUT2D eigenvalue weighted by molar-refractivity contribution is 8.39. The number of carboxylic acids is 1. The summed E-state index contributed by atoms with van der Waals surface area (Å²) in [6.07, 6.45) is -4.22. The zero-order valence-electron chi connectivity index (χ0n) is 20.1. The number of carbonyl (C=O) groups is 1. The number of benzene rings is 1. The molecule has 1 aromatic carbocycles. The van der Waals surface area contributed by atoms with Crippen LogP contribution in [-0.4, -0.2) is 55.4 Å². The largest absolute Gasteiger partial charge is 0.546 e. The Kier molecular flexibility index (Phi) is 9.67. The summed E-state index contributed by atoms with van der Waals surface area (Å²) in [5, 5.41) is 19.1.